The number of benzene rings is 2. The van der Waals surface area contributed by atoms with Crippen LogP contribution in [0.5, 0.6) is 0 Å². The van der Waals surface area contributed by atoms with Gasteiger partial charge in [-0.3, -0.25) is 4.79 Å². The van der Waals surface area contributed by atoms with Crippen molar-refractivity contribution < 1.29 is 13.2 Å². The highest BCUT2D eigenvalue weighted by atomic mass is 32.2. The number of thioether (sulfide) groups is 1. The average molecular weight is 456 g/mol. The van der Waals surface area contributed by atoms with Crippen molar-refractivity contribution in [2.75, 3.05) is 24.3 Å². The molecular weight excluding hydrogens is 430 g/mol. The summed E-state index contributed by atoms with van der Waals surface area (Å²) < 4.78 is 25.1. The molecule has 0 spiro atoms. The number of rotatable bonds is 7. The van der Waals surface area contributed by atoms with Crippen LogP contribution in [-0.2, 0) is 21.2 Å². The molecule has 0 bridgehead atoms. The van der Waals surface area contributed by atoms with E-state index in [1.165, 1.54) is 11.8 Å². The van der Waals surface area contributed by atoms with Crippen LogP contribution in [0.3, 0.4) is 0 Å². The van der Waals surface area contributed by atoms with Crippen LogP contribution in [-0.4, -0.2) is 58.6 Å². The van der Waals surface area contributed by atoms with E-state index in [4.69, 9.17) is 5.10 Å². The smallest absolute Gasteiger partial charge is 0.232 e. The first kappa shape index (κ1) is 21.6. The van der Waals surface area contributed by atoms with Gasteiger partial charge in [0.2, 0.25) is 5.91 Å². The number of carbonyl (C=O) groups is 1. The van der Waals surface area contributed by atoms with Crippen molar-refractivity contribution >= 4 is 27.5 Å². The Morgan fingerprint density at radius 1 is 1.13 bits per heavy atom. The van der Waals surface area contributed by atoms with E-state index in [-0.39, 0.29) is 28.4 Å². The van der Waals surface area contributed by atoms with Gasteiger partial charge in [0.25, 0.3) is 0 Å². The van der Waals surface area contributed by atoms with Gasteiger partial charge in [-0.1, -0.05) is 48.5 Å². The predicted octanol–water partition coefficient (Wildman–Crippen LogP) is 3.42. The van der Waals surface area contributed by atoms with Crippen LogP contribution in [0.4, 0.5) is 0 Å². The summed E-state index contributed by atoms with van der Waals surface area (Å²) in [4.78, 5) is 14.4. The zero-order chi connectivity index (χ0) is 21.8. The minimum Gasteiger partial charge on any atom is -0.341 e. The van der Waals surface area contributed by atoms with Crippen molar-refractivity contribution in [1.29, 1.82) is 0 Å². The van der Waals surface area contributed by atoms with Gasteiger partial charge < -0.3 is 4.90 Å². The quantitative estimate of drug-likeness (QED) is 0.546. The molecule has 0 aliphatic carbocycles. The lowest BCUT2D eigenvalue weighted by molar-refractivity contribution is -0.127. The second kappa shape index (κ2) is 9.28. The molecule has 6 nitrogen and oxygen atoms in total. The number of amides is 1. The van der Waals surface area contributed by atoms with Crippen molar-refractivity contribution in [3.8, 4) is 16.9 Å². The molecule has 4 rings (SSSR count). The van der Waals surface area contributed by atoms with Gasteiger partial charge in [0, 0.05) is 36.2 Å². The molecule has 1 atom stereocenters. The Morgan fingerprint density at radius 2 is 1.81 bits per heavy atom. The number of hydrogen-bond acceptors (Lipinski definition) is 5. The lowest BCUT2D eigenvalue weighted by atomic mass is 10.1. The minimum absolute atomic E-state index is 0.0132. The van der Waals surface area contributed by atoms with Gasteiger partial charge in [0.05, 0.1) is 28.6 Å². The molecule has 0 saturated carbocycles. The van der Waals surface area contributed by atoms with Gasteiger partial charge >= 0.3 is 0 Å². The fraction of sp³-hybridized carbons (Fsp3) is 0.304. The number of hydrogen-bond donors (Lipinski definition) is 0. The summed E-state index contributed by atoms with van der Waals surface area (Å²) in [5.74, 6) is 0.676. The molecule has 0 radical (unpaired) electrons. The lowest BCUT2D eigenvalue weighted by Crippen LogP contribution is -2.28. The number of para-hydroxylation sites is 1. The maximum atomic E-state index is 12.7. The van der Waals surface area contributed by atoms with E-state index in [1.807, 2.05) is 71.5 Å². The fourth-order valence-electron chi connectivity index (χ4n) is 3.61. The Hall–Kier alpha value is -2.58. The first-order valence-corrected chi connectivity index (χ1v) is 13.0. The molecule has 1 aromatic heterocycles. The van der Waals surface area contributed by atoms with Crippen molar-refractivity contribution in [1.82, 2.24) is 14.7 Å². The van der Waals surface area contributed by atoms with Crippen LogP contribution in [0.2, 0.25) is 0 Å². The Morgan fingerprint density at radius 3 is 2.45 bits per heavy atom. The van der Waals surface area contributed by atoms with Crippen LogP contribution in [0, 0.1) is 0 Å². The Labute approximate surface area is 187 Å². The van der Waals surface area contributed by atoms with Crippen molar-refractivity contribution in [2.24, 2.45) is 0 Å². The van der Waals surface area contributed by atoms with Crippen LogP contribution in [0.25, 0.3) is 16.9 Å². The van der Waals surface area contributed by atoms with Crippen LogP contribution in [0.15, 0.2) is 66.9 Å². The first-order chi connectivity index (χ1) is 14.9. The fourth-order valence-corrected chi connectivity index (χ4v) is 7.20. The number of carbonyl (C=O) groups excluding carboxylic acids is 1. The third kappa shape index (κ3) is 5.37. The van der Waals surface area contributed by atoms with E-state index >= 15 is 0 Å². The molecule has 1 amide bonds. The van der Waals surface area contributed by atoms with Gasteiger partial charge in [-0.15, -0.1) is 11.8 Å². The average Bonchev–Trinajstić information content (AvgIpc) is 3.36. The first-order valence-electron chi connectivity index (χ1n) is 10.2. The number of aromatic nitrogens is 2. The molecular formula is C23H25N3O3S2. The van der Waals surface area contributed by atoms with E-state index in [0.29, 0.717) is 13.0 Å². The van der Waals surface area contributed by atoms with E-state index in [9.17, 15) is 13.2 Å². The Balaban J connectivity index is 1.50. The molecule has 1 unspecified atom stereocenters. The van der Waals surface area contributed by atoms with Crippen LogP contribution in [0.1, 0.15) is 12.0 Å². The summed E-state index contributed by atoms with van der Waals surface area (Å²) >= 11 is 1.44. The maximum absolute atomic E-state index is 12.7. The number of sulfone groups is 1. The largest absolute Gasteiger partial charge is 0.341 e. The van der Waals surface area contributed by atoms with Gasteiger partial charge in [0.15, 0.2) is 9.84 Å². The van der Waals surface area contributed by atoms with Gasteiger partial charge in [0.1, 0.15) is 0 Å². The summed E-state index contributed by atoms with van der Waals surface area (Å²) in [6, 6.07) is 19.8. The molecule has 3 aromatic rings. The van der Waals surface area contributed by atoms with E-state index in [1.54, 1.807) is 11.9 Å². The van der Waals surface area contributed by atoms with Crippen LogP contribution >= 0.6 is 11.8 Å². The standard InChI is InChI=1S/C23H25N3O3S2/c1-25(22(27)16-30-21-12-13-31(28,29)17-21)14-19-15-26(20-10-6-3-7-11-20)24-23(19)18-8-4-2-5-9-18/h2-11,15,21H,12-14,16-17H2,1H3. The molecule has 8 heteroatoms. The zero-order valence-corrected chi connectivity index (χ0v) is 19.0. The SMILES string of the molecule is CN(Cc1cn(-c2ccccc2)nc1-c1ccccc1)C(=O)CSC1CCS(=O)(=O)C1. The van der Waals surface area contributed by atoms with E-state index < -0.39 is 9.84 Å². The Kier molecular flexibility index (Phi) is 6.48. The lowest BCUT2D eigenvalue weighted by Gasteiger charge is -2.18. The van der Waals surface area contributed by atoms with Crippen LogP contribution < -0.4 is 0 Å². The molecule has 162 valence electrons. The second-order valence-electron chi connectivity index (χ2n) is 7.73. The maximum Gasteiger partial charge on any atom is 0.232 e. The molecule has 1 fully saturated rings. The topological polar surface area (TPSA) is 72.3 Å². The van der Waals surface area contributed by atoms with Crippen molar-refractivity contribution in [3.05, 3.63) is 72.4 Å². The molecule has 2 aromatic carbocycles. The van der Waals surface area contributed by atoms with Gasteiger partial charge in [-0.2, -0.15) is 5.10 Å². The Bertz CT molecular complexity index is 1150. The third-order valence-electron chi connectivity index (χ3n) is 5.32. The zero-order valence-electron chi connectivity index (χ0n) is 17.3. The summed E-state index contributed by atoms with van der Waals surface area (Å²) in [6.45, 7) is 0.430. The summed E-state index contributed by atoms with van der Waals surface area (Å²) in [5.41, 5.74) is 3.76. The highest BCUT2D eigenvalue weighted by molar-refractivity contribution is 8.02. The van der Waals surface area contributed by atoms with E-state index in [0.717, 1.165) is 22.5 Å². The summed E-state index contributed by atoms with van der Waals surface area (Å²) in [7, 11) is -1.15. The third-order valence-corrected chi connectivity index (χ3v) is 8.59. The molecule has 0 N–H and O–H groups in total. The van der Waals surface area contributed by atoms with E-state index in [2.05, 4.69) is 0 Å². The molecule has 1 saturated heterocycles. The molecule has 1 aliphatic rings. The monoisotopic (exact) mass is 455 g/mol. The highest BCUT2D eigenvalue weighted by Crippen LogP contribution is 2.26. The van der Waals surface area contributed by atoms with Gasteiger partial charge in [-0.05, 0) is 18.6 Å². The second-order valence-corrected chi connectivity index (χ2v) is 11.3. The van der Waals surface area contributed by atoms with Crippen molar-refractivity contribution in [2.45, 2.75) is 18.2 Å². The summed E-state index contributed by atoms with van der Waals surface area (Å²) in [6.07, 6.45) is 2.60. The molecule has 1 aliphatic heterocycles. The highest BCUT2D eigenvalue weighted by Gasteiger charge is 2.29. The van der Waals surface area contributed by atoms with Gasteiger partial charge in [-0.25, -0.2) is 13.1 Å². The number of nitrogens with zero attached hydrogens (tertiary/aromatic N) is 3. The normalized spacial score (nSPS) is 17.5. The predicted molar refractivity (Wildman–Crippen MR) is 125 cm³/mol. The van der Waals surface area contributed by atoms with Crippen molar-refractivity contribution in [3.63, 3.8) is 0 Å². The molecule has 2 heterocycles. The summed E-state index contributed by atoms with van der Waals surface area (Å²) in [5, 5.41) is 4.81. The minimum atomic E-state index is -2.93. The molecule has 31 heavy (non-hydrogen) atoms.